The summed E-state index contributed by atoms with van der Waals surface area (Å²) in [5, 5.41) is 29.4. The van der Waals surface area contributed by atoms with Crippen molar-refractivity contribution in [3.8, 4) is 0 Å². The van der Waals surface area contributed by atoms with Gasteiger partial charge in [-0.2, -0.15) is 0 Å². The van der Waals surface area contributed by atoms with E-state index >= 15 is 0 Å². The van der Waals surface area contributed by atoms with Gasteiger partial charge in [-0.15, -0.1) is 0 Å². The Morgan fingerprint density at radius 1 is 1.32 bits per heavy atom. The van der Waals surface area contributed by atoms with Gasteiger partial charge in [0.25, 0.3) is 0 Å². The van der Waals surface area contributed by atoms with Crippen molar-refractivity contribution in [1.82, 2.24) is 19.5 Å². The highest BCUT2D eigenvalue weighted by molar-refractivity contribution is 5.82. The van der Waals surface area contributed by atoms with Crippen molar-refractivity contribution < 1.29 is 20.1 Å². The molecular formula is C16H23N5O4. The molecule has 2 aromatic rings. The number of hydrogen-bond acceptors (Lipinski definition) is 8. The number of imidazole rings is 1. The van der Waals surface area contributed by atoms with Gasteiger partial charge in [-0.05, 0) is 12.5 Å². The molecular weight excluding hydrogens is 326 g/mol. The minimum Gasteiger partial charge on any atom is -0.394 e. The fourth-order valence-electron chi connectivity index (χ4n) is 2.84. The Kier molecular flexibility index (Phi) is 5.28. The zero-order chi connectivity index (χ0) is 18.0. The Bertz CT molecular complexity index is 762. The van der Waals surface area contributed by atoms with Crippen molar-refractivity contribution in [3.05, 3.63) is 18.2 Å². The highest BCUT2D eigenvalue weighted by atomic mass is 16.6. The number of aliphatic hydroxyl groups is 3. The van der Waals surface area contributed by atoms with Crippen LogP contribution in [0.25, 0.3) is 17.2 Å². The van der Waals surface area contributed by atoms with E-state index in [4.69, 9.17) is 10.5 Å². The molecule has 1 aliphatic heterocycles. The number of hydrogen-bond donors (Lipinski definition) is 4. The molecule has 1 fully saturated rings. The van der Waals surface area contributed by atoms with Gasteiger partial charge in [-0.25, -0.2) is 15.0 Å². The summed E-state index contributed by atoms with van der Waals surface area (Å²) < 4.78 is 7.03. The van der Waals surface area contributed by atoms with Crippen LogP contribution in [0.1, 0.15) is 38.2 Å². The first-order chi connectivity index (χ1) is 12.1. The first-order valence-corrected chi connectivity index (χ1v) is 8.35. The average molecular weight is 349 g/mol. The molecule has 1 saturated heterocycles. The van der Waals surface area contributed by atoms with Crippen molar-refractivity contribution in [2.24, 2.45) is 0 Å². The average Bonchev–Trinajstić information content (AvgIpc) is 3.14. The second kappa shape index (κ2) is 7.44. The van der Waals surface area contributed by atoms with Gasteiger partial charge in [-0.3, -0.25) is 4.57 Å². The third-order valence-corrected chi connectivity index (χ3v) is 4.25. The van der Waals surface area contributed by atoms with E-state index < -0.39 is 31.1 Å². The van der Waals surface area contributed by atoms with Crippen LogP contribution in [0.15, 0.2) is 12.4 Å². The largest absolute Gasteiger partial charge is 0.394 e. The molecule has 5 N–H and O–H groups in total. The van der Waals surface area contributed by atoms with E-state index in [0.717, 1.165) is 19.3 Å². The Hall–Kier alpha value is -2.07. The van der Waals surface area contributed by atoms with E-state index in [0.29, 0.717) is 17.0 Å². The zero-order valence-corrected chi connectivity index (χ0v) is 14.0. The molecule has 136 valence electrons. The molecule has 0 amide bonds. The molecule has 0 aliphatic carbocycles. The maximum absolute atomic E-state index is 10.2. The number of unbranched alkanes of at least 4 members (excludes halogenated alkanes) is 2. The molecule has 2 aromatic heterocycles. The number of nitrogen functional groups attached to an aromatic ring is 1. The second-order valence-electron chi connectivity index (χ2n) is 6.06. The molecule has 0 aromatic carbocycles. The van der Waals surface area contributed by atoms with Crippen LogP contribution in [0.4, 0.5) is 5.82 Å². The third-order valence-electron chi connectivity index (χ3n) is 4.25. The summed E-state index contributed by atoms with van der Waals surface area (Å²) in [6.45, 7) is 1.72. The highest BCUT2D eigenvalue weighted by Gasteiger charge is 2.44. The third kappa shape index (κ3) is 3.36. The summed E-state index contributed by atoms with van der Waals surface area (Å²) in [5.41, 5.74) is 6.75. The predicted molar refractivity (Wildman–Crippen MR) is 91.3 cm³/mol. The highest BCUT2D eigenvalue weighted by Crippen LogP contribution is 2.32. The van der Waals surface area contributed by atoms with E-state index in [-0.39, 0.29) is 5.82 Å². The SMILES string of the molecule is CCCCC=Cc1nc(N)c2ncn([C@@H]3O[C@H](CO)C(O)C3O)c2n1. The van der Waals surface area contributed by atoms with Gasteiger partial charge < -0.3 is 25.8 Å². The van der Waals surface area contributed by atoms with Crippen molar-refractivity contribution in [2.45, 2.75) is 50.7 Å². The van der Waals surface area contributed by atoms with Gasteiger partial charge in [0.1, 0.15) is 23.8 Å². The molecule has 4 atom stereocenters. The molecule has 0 radical (unpaired) electrons. The van der Waals surface area contributed by atoms with E-state index in [2.05, 4.69) is 21.9 Å². The normalized spacial score (nSPS) is 26.9. The fourth-order valence-corrected chi connectivity index (χ4v) is 2.84. The van der Waals surface area contributed by atoms with E-state index in [9.17, 15) is 15.3 Å². The summed E-state index contributed by atoms with van der Waals surface area (Å²) in [7, 11) is 0. The summed E-state index contributed by atoms with van der Waals surface area (Å²) >= 11 is 0. The second-order valence-corrected chi connectivity index (χ2v) is 6.06. The maximum atomic E-state index is 10.2. The van der Waals surface area contributed by atoms with E-state index in [1.165, 1.54) is 10.9 Å². The fraction of sp³-hybridized carbons (Fsp3) is 0.562. The minimum absolute atomic E-state index is 0.227. The smallest absolute Gasteiger partial charge is 0.168 e. The van der Waals surface area contributed by atoms with Crippen LogP contribution in [-0.2, 0) is 4.74 Å². The van der Waals surface area contributed by atoms with Crippen molar-refractivity contribution >= 4 is 23.1 Å². The number of anilines is 1. The Balaban J connectivity index is 1.94. The number of allylic oxidation sites excluding steroid dienone is 1. The summed E-state index contributed by atoms with van der Waals surface area (Å²) in [6, 6.07) is 0. The van der Waals surface area contributed by atoms with Gasteiger partial charge in [0.2, 0.25) is 0 Å². The lowest BCUT2D eigenvalue weighted by Gasteiger charge is -2.16. The summed E-state index contributed by atoms with van der Waals surface area (Å²) in [6.07, 6.45) is 4.12. The van der Waals surface area contributed by atoms with Crippen LogP contribution >= 0.6 is 0 Å². The van der Waals surface area contributed by atoms with Crippen LogP contribution in [0.5, 0.6) is 0 Å². The van der Waals surface area contributed by atoms with E-state index in [1.807, 2.05) is 6.08 Å². The number of rotatable bonds is 6. The monoisotopic (exact) mass is 349 g/mol. The molecule has 3 rings (SSSR count). The van der Waals surface area contributed by atoms with Crippen LogP contribution in [-0.4, -0.2) is 59.8 Å². The van der Waals surface area contributed by atoms with Gasteiger partial charge >= 0.3 is 0 Å². The van der Waals surface area contributed by atoms with Gasteiger partial charge in [0.05, 0.1) is 12.9 Å². The van der Waals surface area contributed by atoms with Crippen molar-refractivity contribution in [3.63, 3.8) is 0 Å². The number of aliphatic hydroxyl groups excluding tert-OH is 3. The minimum atomic E-state index is -1.21. The number of fused-ring (bicyclic) bond motifs is 1. The molecule has 25 heavy (non-hydrogen) atoms. The number of nitrogens with two attached hydrogens (primary N) is 1. The summed E-state index contributed by atoms with van der Waals surface area (Å²) in [5.74, 6) is 0.667. The molecule has 9 nitrogen and oxygen atoms in total. The molecule has 1 aliphatic rings. The predicted octanol–water partition coefficient (Wildman–Crippen LogP) is 0.223. The van der Waals surface area contributed by atoms with Gasteiger partial charge in [-0.1, -0.05) is 25.8 Å². The molecule has 0 saturated carbocycles. The quantitative estimate of drug-likeness (QED) is 0.543. The topological polar surface area (TPSA) is 140 Å². The van der Waals surface area contributed by atoms with Crippen molar-refractivity contribution in [1.29, 1.82) is 0 Å². The van der Waals surface area contributed by atoms with Crippen molar-refractivity contribution in [2.75, 3.05) is 12.3 Å². The van der Waals surface area contributed by atoms with Crippen LogP contribution in [0, 0.1) is 0 Å². The van der Waals surface area contributed by atoms with Crippen LogP contribution < -0.4 is 5.73 Å². The first kappa shape index (κ1) is 17.7. The van der Waals surface area contributed by atoms with Gasteiger partial charge in [0.15, 0.2) is 23.5 Å². The molecule has 9 heteroatoms. The maximum Gasteiger partial charge on any atom is 0.168 e. The lowest BCUT2D eigenvalue weighted by Crippen LogP contribution is -2.33. The van der Waals surface area contributed by atoms with Crippen LogP contribution in [0.3, 0.4) is 0 Å². The molecule has 2 unspecified atom stereocenters. The first-order valence-electron chi connectivity index (χ1n) is 8.35. The Morgan fingerprint density at radius 3 is 2.80 bits per heavy atom. The van der Waals surface area contributed by atoms with E-state index in [1.54, 1.807) is 6.08 Å². The molecule has 0 bridgehead atoms. The van der Waals surface area contributed by atoms with Crippen LogP contribution in [0.2, 0.25) is 0 Å². The summed E-state index contributed by atoms with van der Waals surface area (Å²) in [4.78, 5) is 12.8. The number of aromatic nitrogens is 4. The number of ether oxygens (including phenoxy) is 1. The lowest BCUT2D eigenvalue weighted by atomic mass is 10.1. The number of nitrogens with zero attached hydrogens (tertiary/aromatic N) is 4. The Labute approximate surface area is 144 Å². The Morgan fingerprint density at radius 2 is 2.12 bits per heavy atom. The zero-order valence-electron chi connectivity index (χ0n) is 14.0. The molecule has 3 heterocycles. The standard InChI is InChI=1S/C16H23N5O4/c1-2-3-4-5-6-10-19-14(17)11-15(20-10)21(8-18-11)16-13(24)12(23)9(7-22)25-16/h5-6,8-9,12-13,16,22-24H,2-4,7H2,1H3,(H2,17,19,20)/t9-,12?,13?,16-/m1/s1. The van der Waals surface area contributed by atoms with Gasteiger partial charge in [0, 0.05) is 0 Å². The molecule has 0 spiro atoms. The lowest BCUT2D eigenvalue weighted by molar-refractivity contribution is -0.0511.